The van der Waals surface area contributed by atoms with Gasteiger partial charge in [-0.05, 0) is 26.7 Å². The maximum Gasteiger partial charge on any atom is 0.0599 e. The Morgan fingerprint density at radius 1 is 1.18 bits per heavy atom. The standard InChI is InChI=1S/C14H28N2O/c1-14(2)11-15-9-13(10-17)16(14)12-7-5-3-4-6-8-12/h12-13,15,17H,3-11H2,1-2H3. The largest absolute Gasteiger partial charge is 0.395 e. The van der Waals surface area contributed by atoms with Crippen LogP contribution in [0.4, 0.5) is 0 Å². The minimum Gasteiger partial charge on any atom is -0.395 e. The molecule has 0 aromatic heterocycles. The monoisotopic (exact) mass is 240 g/mol. The molecule has 0 aromatic rings. The molecular weight excluding hydrogens is 212 g/mol. The predicted molar refractivity (Wildman–Crippen MR) is 71.2 cm³/mol. The minimum absolute atomic E-state index is 0.181. The van der Waals surface area contributed by atoms with Crippen LogP contribution in [0.1, 0.15) is 52.4 Å². The van der Waals surface area contributed by atoms with E-state index in [-0.39, 0.29) is 12.1 Å². The second kappa shape index (κ2) is 5.68. The summed E-state index contributed by atoms with van der Waals surface area (Å²) in [5, 5.41) is 13.1. The molecule has 2 N–H and O–H groups in total. The van der Waals surface area contributed by atoms with Gasteiger partial charge in [0.05, 0.1) is 6.61 Å². The maximum absolute atomic E-state index is 9.61. The molecule has 1 saturated heterocycles. The average Bonchev–Trinajstić information content (AvgIpc) is 2.56. The minimum atomic E-state index is 0.181. The van der Waals surface area contributed by atoms with Gasteiger partial charge >= 0.3 is 0 Å². The molecule has 0 aromatic carbocycles. The van der Waals surface area contributed by atoms with Gasteiger partial charge in [0.25, 0.3) is 0 Å². The Hall–Kier alpha value is -0.120. The van der Waals surface area contributed by atoms with Gasteiger partial charge in [0.15, 0.2) is 0 Å². The van der Waals surface area contributed by atoms with E-state index in [1.54, 1.807) is 0 Å². The van der Waals surface area contributed by atoms with E-state index >= 15 is 0 Å². The summed E-state index contributed by atoms with van der Waals surface area (Å²) in [6.07, 6.45) is 8.16. The molecule has 1 atom stereocenters. The first-order valence-electron chi connectivity index (χ1n) is 7.25. The number of aliphatic hydroxyl groups is 1. The van der Waals surface area contributed by atoms with Crippen LogP contribution < -0.4 is 5.32 Å². The summed E-state index contributed by atoms with van der Waals surface area (Å²) in [5.41, 5.74) is 0.181. The molecule has 1 unspecified atom stereocenters. The van der Waals surface area contributed by atoms with Crippen molar-refractivity contribution < 1.29 is 5.11 Å². The van der Waals surface area contributed by atoms with Crippen LogP contribution in [0.25, 0.3) is 0 Å². The summed E-state index contributed by atoms with van der Waals surface area (Å²) < 4.78 is 0. The lowest BCUT2D eigenvalue weighted by Gasteiger charge is -2.51. The highest BCUT2D eigenvalue weighted by atomic mass is 16.3. The number of piperazine rings is 1. The molecule has 100 valence electrons. The lowest BCUT2D eigenvalue weighted by molar-refractivity contribution is -0.0295. The van der Waals surface area contributed by atoms with Gasteiger partial charge in [0.1, 0.15) is 0 Å². The van der Waals surface area contributed by atoms with Crippen LogP contribution in [-0.4, -0.2) is 47.3 Å². The van der Waals surface area contributed by atoms with Crippen LogP contribution in [0, 0.1) is 0 Å². The quantitative estimate of drug-likeness (QED) is 0.722. The van der Waals surface area contributed by atoms with E-state index in [0.717, 1.165) is 13.1 Å². The summed E-state index contributed by atoms with van der Waals surface area (Å²) in [7, 11) is 0. The Kier molecular flexibility index (Phi) is 4.45. The van der Waals surface area contributed by atoms with E-state index in [9.17, 15) is 5.11 Å². The molecule has 0 amide bonds. The number of rotatable bonds is 2. The van der Waals surface area contributed by atoms with Crippen molar-refractivity contribution in [3.8, 4) is 0 Å². The van der Waals surface area contributed by atoms with Crippen molar-refractivity contribution in [3.05, 3.63) is 0 Å². The highest BCUT2D eigenvalue weighted by molar-refractivity contribution is 4.97. The Balaban J connectivity index is 2.11. The topological polar surface area (TPSA) is 35.5 Å². The number of hydrogen-bond donors (Lipinski definition) is 2. The molecule has 17 heavy (non-hydrogen) atoms. The zero-order valence-corrected chi connectivity index (χ0v) is 11.4. The fourth-order valence-corrected chi connectivity index (χ4v) is 3.71. The second-order valence-electron chi connectivity index (χ2n) is 6.33. The SMILES string of the molecule is CC1(C)CNCC(CO)N1C1CCCCCC1. The third kappa shape index (κ3) is 3.01. The first-order valence-corrected chi connectivity index (χ1v) is 7.25. The molecule has 2 fully saturated rings. The van der Waals surface area contributed by atoms with Crippen molar-refractivity contribution in [1.29, 1.82) is 0 Å². The van der Waals surface area contributed by atoms with E-state index in [4.69, 9.17) is 0 Å². The van der Waals surface area contributed by atoms with Gasteiger partial charge in [-0.15, -0.1) is 0 Å². The summed E-state index contributed by atoms with van der Waals surface area (Å²) in [6, 6.07) is 0.994. The highest BCUT2D eigenvalue weighted by Gasteiger charge is 2.40. The highest BCUT2D eigenvalue weighted by Crippen LogP contribution is 2.30. The third-order valence-electron chi connectivity index (χ3n) is 4.46. The molecule has 1 saturated carbocycles. The number of hydrogen-bond acceptors (Lipinski definition) is 3. The zero-order valence-electron chi connectivity index (χ0n) is 11.4. The molecule has 0 spiro atoms. The molecule has 1 aliphatic heterocycles. The average molecular weight is 240 g/mol. The van der Waals surface area contributed by atoms with Crippen molar-refractivity contribution in [1.82, 2.24) is 10.2 Å². The Labute approximate surface area is 106 Å². The third-order valence-corrected chi connectivity index (χ3v) is 4.46. The van der Waals surface area contributed by atoms with Gasteiger partial charge in [-0.25, -0.2) is 0 Å². The zero-order chi connectivity index (χ0) is 12.3. The normalized spacial score (nSPS) is 32.3. The summed E-state index contributed by atoms with van der Waals surface area (Å²) in [6.45, 7) is 6.89. The van der Waals surface area contributed by atoms with Gasteiger partial charge in [0.2, 0.25) is 0 Å². The van der Waals surface area contributed by atoms with Crippen LogP contribution in [0.3, 0.4) is 0 Å². The Bertz CT molecular complexity index is 234. The van der Waals surface area contributed by atoms with Gasteiger partial charge in [-0.3, -0.25) is 4.90 Å². The molecule has 3 heteroatoms. The van der Waals surface area contributed by atoms with Crippen LogP contribution >= 0.6 is 0 Å². The number of nitrogens with one attached hydrogen (secondary N) is 1. The van der Waals surface area contributed by atoms with Crippen LogP contribution in [0.15, 0.2) is 0 Å². The van der Waals surface area contributed by atoms with Gasteiger partial charge in [-0.2, -0.15) is 0 Å². The summed E-state index contributed by atoms with van der Waals surface area (Å²) in [5.74, 6) is 0. The second-order valence-corrected chi connectivity index (χ2v) is 6.33. The molecule has 1 heterocycles. The van der Waals surface area contributed by atoms with Crippen molar-refractivity contribution in [2.45, 2.75) is 70.0 Å². The molecule has 3 nitrogen and oxygen atoms in total. The first-order chi connectivity index (χ1) is 8.15. The van der Waals surface area contributed by atoms with Crippen molar-refractivity contribution >= 4 is 0 Å². The van der Waals surface area contributed by atoms with Gasteiger partial charge in [-0.1, -0.05) is 25.7 Å². The molecule has 2 aliphatic rings. The van der Waals surface area contributed by atoms with E-state index in [0.29, 0.717) is 12.1 Å². The molecule has 0 bridgehead atoms. The fraction of sp³-hybridized carbons (Fsp3) is 1.00. The van der Waals surface area contributed by atoms with Crippen LogP contribution in [-0.2, 0) is 0 Å². The molecular formula is C14H28N2O. The Morgan fingerprint density at radius 3 is 2.41 bits per heavy atom. The van der Waals surface area contributed by atoms with Crippen molar-refractivity contribution in [2.24, 2.45) is 0 Å². The van der Waals surface area contributed by atoms with E-state index in [2.05, 4.69) is 24.1 Å². The first kappa shape index (κ1) is 13.3. The number of aliphatic hydroxyl groups excluding tert-OH is 1. The number of nitrogens with zero attached hydrogens (tertiary/aromatic N) is 1. The molecule has 2 rings (SSSR count). The lowest BCUT2D eigenvalue weighted by atomic mass is 9.91. The molecule has 0 radical (unpaired) electrons. The van der Waals surface area contributed by atoms with Crippen molar-refractivity contribution in [2.75, 3.05) is 19.7 Å². The lowest BCUT2D eigenvalue weighted by Crippen LogP contribution is -2.66. The summed E-state index contributed by atoms with van der Waals surface area (Å²) in [4.78, 5) is 2.62. The van der Waals surface area contributed by atoms with Gasteiger partial charge in [0, 0.05) is 30.7 Å². The molecule has 1 aliphatic carbocycles. The van der Waals surface area contributed by atoms with Gasteiger partial charge < -0.3 is 10.4 Å². The van der Waals surface area contributed by atoms with E-state index in [1.807, 2.05) is 0 Å². The Morgan fingerprint density at radius 2 is 1.82 bits per heavy atom. The van der Waals surface area contributed by atoms with Crippen molar-refractivity contribution in [3.63, 3.8) is 0 Å². The van der Waals surface area contributed by atoms with Crippen LogP contribution in [0.2, 0.25) is 0 Å². The van der Waals surface area contributed by atoms with E-state index in [1.165, 1.54) is 38.5 Å². The fourth-order valence-electron chi connectivity index (χ4n) is 3.71. The smallest absolute Gasteiger partial charge is 0.0599 e. The maximum atomic E-state index is 9.61. The summed E-state index contributed by atoms with van der Waals surface area (Å²) >= 11 is 0. The predicted octanol–water partition coefficient (Wildman–Crippen LogP) is 1.75. The van der Waals surface area contributed by atoms with Crippen LogP contribution in [0.5, 0.6) is 0 Å². The van der Waals surface area contributed by atoms with E-state index < -0.39 is 0 Å².